The van der Waals surface area contributed by atoms with Gasteiger partial charge in [0.25, 0.3) is 5.56 Å². The van der Waals surface area contributed by atoms with Crippen LogP contribution in [0.5, 0.6) is 0 Å². The molecule has 6 heteroatoms. The number of benzene rings is 1. The van der Waals surface area contributed by atoms with E-state index in [1.54, 1.807) is 18.7 Å². The first-order chi connectivity index (χ1) is 11.4. The van der Waals surface area contributed by atoms with E-state index in [9.17, 15) is 14.9 Å². The lowest BCUT2D eigenvalue weighted by Gasteiger charge is -2.23. The Hall–Kier alpha value is -2.94. The van der Waals surface area contributed by atoms with Gasteiger partial charge in [0, 0.05) is 11.7 Å². The third kappa shape index (κ3) is 2.48. The van der Waals surface area contributed by atoms with Gasteiger partial charge >= 0.3 is 0 Å². The Balaban J connectivity index is 1.96. The van der Waals surface area contributed by atoms with E-state index in [2.05, 4.69) is 5.10 Å². The smallest absolute Gasteiger partial charge is 0.285 e. The number of hydrogen-bond acceptors (Lipinski definition) is 4. The minimum absolute atomic E-state index is 0.0348. The molecule has 1 aromatic heterocycles. The molecule has 3 rings (SSSR count). The van der Waals surface area contributed by atoms with Crippen LogP contribution in [0, 0.1) is 25.2 Å². The van der Waals surface area contributed by atoms with E-state index >= 15 is 0 Å². The van der Waals surface area contributed by atoms with Crippen molar-refractivity contribution in [2.75, 3.05) is 4.90 Å². The third-order valence-electron chi connectivity index (χ3n) is 4.51. The van der Waals surface area contributed by atoms with Crippen LogP contribution in [-0.2, 0) is 17.8 Å². The summed E-state index contributed by atoms with van der Waals surface area (Å²) in [6.07, 6.45) is 0.792. The highest BCUT2D eigenvalue weighted by Gasteiger charge is 2.31. The van der Waals surface area contributed by atoms with Gasteiger partial charge < -0.3 is 4.90 Å². The molecular formula is C18H18N4O2. The number of aryl methyl sites for hydroxylation is 1. The van der Waals surface area contributed by atoms with Crippen LogP contribution in [0.3, 0.4) is 0 Å². The molecule has 0 N–H and O–H groups in total. The lowest BCUT2D eigenvalue weighted by Crippen LogP contribution is -2.41. The maximum atomic E-state index is 12.8. The molecule has 1 aromatic carbocycles. The highest BCUT2D eigenvalue weighted by Crippen LogP contribution is 2.31. The normalized spacial score (nSPS) is 15.9. The summed E-state index contributed by atoms with van der Waals surface area (Å²) >= 11 is 0. The summed E-state index contributed by atoms with van der Waals surface area (Å²) in [4.78, 5) is 26.8. The molecule has 1 amide bonds. The number of aromatic nitrogens is 2. The molecule has 1 aliphatic rings. The average molecular weight is 322 g/mol. The molecule has 122 valence electrons. The summed E-state index contributed by atoms with van der Waals surface area (Å²) in [7, 11) is 0. The molecule has 0 unspecified atom stereocenters. The Kier molecular flexibility index (Phi) is 3.94. The van der Waals surface area contributed by atoms with Gasteiger partial charge in [-0.25, -0.2) is 4.68 Å². The zero-order valence-electron chi connectivity index (χ0n) is 13.9. The lowest BCUT2D eigenvalue weighted by molar-refractivity contribution is -0.119. The molecule has 0 saturated heterocycles. The first kappa shape index (κ1) is 15.9. The van der Waals surface area contributed by atoms with Gasteiger partial charge in [-0.3, -0.25) is 9.59 Å². The van der Waals surface area contributed by atoms with Gasteiger partial charge in [0.05, 0.1) is 5.69 Å². The lowest BCUT2D eigenvalue weighted by atomic mass is 10.1. The number of rotatable bonds is 2. The number of anilines is 1. The van der Waals surface area contributed by atoms with Crippen molar-refractivity contribution in [2.45, 2.75) is 39.8 Å². The van der Waals surface area contributed by atoms with Crippen molar-refractivity contribution >= 4 is 11.6 Å². The number of para-hydroxylation sites is 1. The monoisotopic (exact) mass is 322 g/mol. The highest BCUT2D eigenvalue weighted by molar-refractivity contribution is 5.96. The molecule has 0 aliphatic carbocycles. The molecule has 0 saturated carbocycles. The summed E-state index contributed by atoms with van der Waals surface area (Å²) in [5.41, 5.74) is 2.67. The van der Waals surface area contributed by atoms with E-state index in [1.807, 2.05) is 37.3 Å². The Morgan fingerprint density at radius 1 is 1.38 bits per heavy atom. The minimum Gasteiger partial charge on any atom is -0.307 e. The summed E-state index contributed by atoms with van der Waals surface area (Å²) in [5, 5.41) is 13.4. The van der Waals surface area contributed by atoms with Gasteiger partial charge in [-0.1, -0.05) is 18.2 Å². The van der Waals surface area contributed by atoms with E-state index in [0.717, 1.165) is 22.4 Å². The molecule has 24 heavy (non-hydrogen) atoms. The quantitative estimate of drug-likeness (QED) is 0.843. The van der Waals surface area contributed by atoms with Gasteiger partial charge in [-0.2, -0.15) is 10.4 Å². The van der Waals surface area contributed by atoms with Crippen LogP contribution >= 0.6 is 0 Å². The van der Waals surface area contributed by atoms with Crippen LogP contribution < -0.4 is 10.5 Å². The van der Waals surface area contributed by atoms with E-state index < -0.39 is 5.56 Å². The second-order valence-electron chi connectivity index (χ2n) is 6.11. The maximum absolute atomic E-state index is 12.8. The molecule has 1 atom stereocenters. The number of nitriles is 1. The molecule has 2 heterocycles. The van der Waals surface area contributed by atoms with Crippen molar-refractivity contribution < 1.29 is 4.79 Å². The number of fused-ring (bicyclic) bond motifs is 1. The molecule has 0 fully saturated rings. The fourth-order valence-electron chi connectivity index (χ4n) is 3.16. The summed E-state index contributed by atoms with van der Waals surface area (Å²) in [6.45, 7) is 5.22. The molecule has 0 spiro atoms. The fourth-order valence-corrected chi connectivity index (χ4v) is 3.16. The number of carbonyl (C=O) groups is 1. The first-order valence-electron chi connectivity index (χ1n) is 7.82. The van der Waals surface area contributed by atoms with Crippen LogP contribution in [0.1, 0.15) is 29.3 Å². The van der Waals surface area contributed by atoms with E-state index in [4.69, 9.17) is 0 Å². The zero-order valence-corrected chi connectivity index (χ0v) is 13.9. The summed E-state index contributed by atoms with van der Waals surface area (Å²) in [5.74, 6) is -0.200. The topological polar surface area (TPSA) is 79.0 Å². The second-order valence-corrected chi connectivity index (χ2v) is 6.11. The Labute approximate surface area is 139 Å². The van der Waals surface area contributed by atoms with E-state index in [-0.39, 0.29) is 24.1 Å². The molecule has 6 nitrogen and oxygen atoms in total. The van der Waals surface area contributed by atoms with Crippen molar-refractivity contribution in [1.29, 1.82) is 5.26 Å². The molecule has 2 aromatic rings. The number of carbonyl (C=O) groups excluding carboxylic acids is 1. The molecular weight excluding hydrogens is 304 g/mol. The van der Waals surface area contributed by atoms with Crippen LogP contribution in [0.15, 0.2) is 29.1 Å². The zero-order chi connectivity index (χ0) is 17.4. The van der Waals surface area contributed by atoms with Gasteiger partial charge in [0.15, 0.2) is 0 Å². The van der Waals surface area contributed by atoms with Gasteiger partial charge in [-0.05, 0) is 44.4 Å². The second kappa shape index (κ2) is 5.93. The van der Waals surface area contributed by atoms with E-state index in [0.29, 0.717) is 11.3 Å². The van der Waals surface area contributed by atoms with Crippen molar-refractivity contribution in [2.24, 2.45) is 0 Å². The van der Waals surface area contributed by atoms with Gasteiger partial charge in [0.1, 0.15) is 18.2 Å². The number of hydrogen-bond donors (Lipinski definition) is 0. The van der Waals surface area contributed by atoms with Crippen molar-refractivity contribution in [3.63, 3.8) is 0 Å². The van der Waals surface area contributed by atoms with Crippen LogP contribution in [0.4, 0.5) is 5.69 Å². The number of nitrogens with zero attached hydrogens (tertiary/aromatic N) is 4. The highest BCUT2D eigenvalue weighted by atomic mass is 16.2. The molecule has 0 radical (unpaired) electrons. The standard InChI is InChI=1S/C18H18N4O2/c1-11-8-14-6-4-5-7-16(14)22(11)17(23)10-21-18(24)15(9-19)12(2)13(3)20-21/h4-7,11H,8,10H2,1-3H3/t11-/m1/s1. The molecule has 1 aliphatic heterocycles. The summed E-state index contributed by atoms with van der Waals surface area (Å²) < 4.78 is 1.09. The average Bonchev–Trinajstić information content (AvgIpc) is 2.89. The van der Waals surface area contributed by atoms with Crippen LogP contribution in [0.2, 0.25) is 0 Å². The SMILES string of the molecule is Cc1nn(CC(=O)N2c3ccccc3C[C@H]2C)c(=O)c(C#N)c1C. The summed E-state index contributed by atoms with van der Waals surface area (Å²) in [6, 6.07) is 9.71. The fraction of sp³-hybridized carbons (Fsp3) is 0.333. The van der Waals surface area contributed by atoms with Crippen molar-refractivity contribution in [1.82, 2.24) is 9.78 Å². The van der Waals surface area contributed by atoms with E-state index in [1.165, 1.54) is 0 Å². The predicted octanol–water partition coefficient (Wildman–Crippen LogP) is 1.71. The largest absolute Gasteiger partial charge is 0.307 e. The maximum Gasteiger partial charge on any atom is 0.285 e. The molecule has 0 bridgehead atoms. The number of amides is 1. The van der Waals surface area contributed by atoms with Crippen LogP contribution in [-0.4, -0.2) is 21.7 Å². The van der Waals surface area contributed by atoms with Crippen LogP contribution in [0.25, 0.3) is 0 Å². The third-order valence-corrected chi connectivity index (χ3v) is 4.51. The van der Waals surface area contributed by atoms with Gasteiger partial charge in [-0.15, -0.1) is 0 Å². The Bertz CT molecular complexity index is 924. The van der Waals surface area contributed by atoms with Gasteiger partial charge in [0.2, 0.25) is 5.91 Å². The predicted molar refractivity (Wildman–Crippen MR) is 89.8 cm³/mol. The minimum atomic E-state index is -0.519. The van der Waals surface area contributed by atoms with Crippen molar-refractivity contribution in [3.8, 4) is 6.07 Å². The van der Waals surface area contributed by atoms with Crippen molar-refractivity contribution in [3.05, 3.63) is 57.0 Å². The Morgan fingerprint density at radius 2 is 2.08 bits per heavy atom. The Morgan fingerprint density at radius 3 is 2.79 bits per heavy atom. The first-order valence-corrected chi connectivity index (χ1v) is 7.82.